The Morgan fingerprint density at radius 3 is 2.63 bits per heavy atom. The first-order valence-corrected chi connectivity index (χ1v) is 6.88. The van der Waals surface area contributed by atoms with E-state index in [1.165, 1.54) is 39.2 Å². The fourth-order valence-electron chi connectivity index (χ4n) is 2.97. The summed E-state index contributed by atoms with van der Waals surface area (Å²) in [7, 11) is 1.35. The molecule has 1 aliphatic rings. The summed E-state index contributed by atoms with van der Waals surface area (Å²) in [5, 5.41) is 0. The molecule has 0 saturated heterocycles. The average Bonchev–Trinajstić information content (AvgIpc) is 2.66. The summed E-state index contributed by atoms with van der Waals surface area (Å²) in [6, 6.07) is 0. The number of methoxy groups -OCH3 is 1. The summed E-state index contributed by atoms with van der Waals surface area (Å²) in [5.74, 6) is 0.744. The monoisotopic (exact) mass is 265 g/mol. The number of carbonyl (C=O) groups is 1. The van der Waals surface area contributed by atoms with Crippen LogP contribution < -0.4 is 5.73 Å². The molecule has 0 amide bonds. The topological polar surface area (TPSA) is 70.1 Å². The molecule has 1 aliphatic carbocycles. The van der Waals surface area contributed by atoms with E-state index in [0.29, 0.717) is 5.82 Å². The van der Waals surface area contributed by atoms with Crippen molar-refractivity contribution in [3.8, 4) is 0 Å². The van der Waals surface area contributed by atoms with Gasteiger partial charge in [0.2, 0.25) is 0 Å². The molecular formula is C14H23N3O2. The summed E-state index contributed by atoms with van der Waals surface area (Å²) < 4.78 is 6.66. The number of aromatic nitrogens is 2. The first kappa shape index (κ1) is 13.9. The number of anilines is 1. The quantitative estimate of drug-likeness (QED) is 0.853. The van der Waals surface area contributed by atoms with Crippen molar-refractivity contribution in [2.45, 2.75) is 52.5 Å². The Bertz CT molecular complexity index is 473. The summed E-state index contributed by atoms with van der Waals surface area (Å²) in [6.07, 6.45) is 6.28. The molecule has 1 heterocycles. The number of nitrogens with zero attached hydrogens (tertiary/aromatic N) is 2. The molecule has 5 heteroatoms. The predicted octanol–water partition coefficient (Wildman–Crippen LogP) is 2.53. The molecule has 0 aliphatic heterocycles. The van der Waals surface area contributed by atoms with Gasteiger partial charge in [-0.2, -0.15) is 0 Å². The van der Waals surface area contributed by atoms with Crippen molar-refractivity contribution in [2.75, 3.05) is 12.8 Å². The van der Waals surface area contributed by atoms with E-state index in [4.69, 9.17) is 10.5 Å². The van der Waals surface area contributed by atoms with Crippen molar-refractivity contribution in [1.82, 2.24) is 9.55 Å². The van der Waals surface area contributed by atoms with Gasteiger partial charge in [0.05, 0.1) is 7.11 Å². The smallest absolute Gasteiger partial charge is 0.360 e. The van der Waals surface area contributed by atoms with Crippen LogP contribution in [0.2, 0.25) is 0 Å². The van der Waals surface area contributed by atoms with Crippen molar-refractivity contribution in [1.29, 1.82) is 0 Å². The first-order chi connectivity index (χ1) is 8.97. The molecule has 1 aromatic heterocycles. The number of esters is 1. The van der Waals surface area contributed by atoms with Crippen LogP contribution in [-0.2, 0) is 11.3 Å². The van der Waals surface area contributed by atoms with Gasteiger partial charge in [-0.25, -0.2) is 9.78 Å². The minimum absolute atomic E-state index is 0.236. The van der Waals surface area contributed by atoms with Crippen molar-refractivity contribution < 1.29 is 9.53 Å². The largest absolute Gasteiger partial charge is 0.464 e. The third kappa shape index (κ3) is 2.74. The summed E-state index contributed by atoms with van der Waals surface area (Å²) in [4.78, 5) is 15.8. The van der Waals surface area contributed by atoms with E-state index in [0.717, 1.165) is 12.4 Å². The van der Waals surface area contributed by atoms with Crippen molar-refractivity contribution >= 4 is 11.8 Å². The number of carbonyl (C=O) groups excluding carboxylic acids is 1. The van der Waals surface area contributed by atoms with Crippen molar-refractivity contribution in [2.24, 2.45) is 5.41 Å². The molecule has 0 aromatic carbocycles. The second-order valence-corrected chi connectivity index (χ2v) is 5.84. The van der Waals surface area contributed by atoms with Crippen LogP contribution in [0.1, 0.15) is 55.3 Å². The lowest BCUT2D eigenvalue weighted by Crippen LogP contribution is -2.27. The molecule has 1 aromatic rings. The number of imidazole rings is 1. The minimum Gasteiger partial charge on any atom is -0.464 e. The Hall–Kier alpha value is -1.52. The molecule has 0 radical (unpaired) electrons. The minimum atomic E-state index is -0.465. The molecule has 0 bridgehead atoms. The lowest BCUT2D eigenvalue weighted by Gasteiger charge is -2.34. The Balaban J connectivity index is 2.25. The normalized spacial score (nSPS) is 18.3. The standard InChI is InChI=1S/C14H23N3O2/c1-10-16-11(13(18)19-3)12(15)17(10)9-14(2)7-5-4-6-8-14/h4-9,15H2,1-3H3. The molecule has 0 spiro atoms. The molecule has 19 heavy (non-hydrogen) atoms. The third-order valence-electron chi connectivity index (χ3n) is 4.18. The van der Waals surface area contributed by atoms with E-state index in [-0.39, 0.29) is 11.1 Å². The van der Waals surface area contributed by atoms with Gasteiger partial charge in [0.15, 0.2) is 5.69 Å². The maximum Gasteiger partial charge on any atom is 0.360 e. The second kappa shape index (κ2) is 5.23. The van der Waals surface area contributed by atoms with Crippen LogP contribution in [-0.4, -0.2) is 22.6 Å². The van der Waals surface area contributed by atoms with Gasteiger partial charge in [0.1, 0.15) is 11.6 Å². The highest BCUT2D eigenvalue weighted by Crippen LogP contribution is 2.38. The van der Waals surface area contributed by atoms with E-state index >= 15 is 0 Å². The Morgan fingerprint density at radius 2 is 2.05 bits per heavy atom. The zero-order valence-electron chi connectivity index (χ0n) is 12.0. The Kier molecular flexibility index (Phi) is 3.83. The van der Waals surface area contributed by atoms with Crippen LogP contribution in [0.3, 0.4) is 0 Å². The summed E-state index contributed by atoms with van der Waals surface area (Å²) >= 11 is 0. The zero-order valence-corrected chi connectivity index (χ0v) is 12.0. The lowest BCUT2D eigenvalue weighted by atomic mass is 9.75. The number of nitrogen functional groups attached to an aromatic ring is 1. The maximum atomic E-state index is 11.6. The van der Waals surface area contributed by atoms with Gasteiger partial charge in [-0.1, -0.05) is 26.2 Å². The van der Waals surface area contributed by atoms with E-state index in [2.05, 4.69) is 11.9 Å². The zero-order chi connectivity index (χ0) is 14.0. The number of hydrogen-bond acceptors (Lipinski definition) is 4. The van der Waals surface area contributed by atoms with Crippen molar-refractivity contribution in [3.05, 3.63) is 11.5 Å². The molecule has 5 nitrogen and oxygen atoms in total. The van der Waals surface area contributed by atoms with Crippen molar-refractivity contribution in [3.63, 3.8) is 0 Å². The van der Waals surface area contributed by atoms with Gasteiger partial charge >= 0.3 is 5.97 Å². The lowest BCUT2D eigenvalue weighted by molar-refractivity contribution is 0.0595. The second-order valence-electron chi connectivity index (χ2n) is 5.84. The molecule has 106 valence electrons. The van der Waals surface area contributed by atoms with Crippen LogP contribution in [0.5, 0.6) is 0 Å². The van der Waals surface area contributed by atoms with Gasteiger partial charge in [-0.3, -0.25) is 0 Å². The average molecular weight is 265 g/mol. The van der Waals surface area contributed by atoms with Crippen LogP contribution in [0.15, 0.2) is 0 Å². The van der Waals surface area contributed by atoms with Gasteiger partial charge in [0.25, 0.3) is 0 Å². The maximum absolute atomic E-state index is 11.6. The Labute approximate surface area is 114 Å². The molecule has 1 saturated carbocycles. The molecule has 2 N–H and O–H groups in total. The van der Waals surface area contributed by atoms with Gasteiger partial charge in [0, 0.05) is 6.54 Å². The fraction of sp³-hybridized carbons (Fsp3) is 0.714. The highest BCUT2D eigenvalue weighted by Gasteiger charge is 2.30. The van der Waals surface area contributed by atoms with Crippen LogP contribution in [0.4, 0.5) is 5.82 Å². The van der Waals surface area contributed by atoms with Crippen LogP contribution in [0.25, 0.3) is 0 Å². The van der Waals surface area contributed by atoms with Gasteiger partial charge in [-0.15, -0.1) is 0 Å². The number of rotatable bonds is 3. The molecule has 1 fully saturated rings. The number of aryl methyl sites for hydroxylation is 1. The fourth-order valence-corrected chi connectivity index (χ4v) is 2.97. The molecule has 0 unspecified atom stereocenters. The van der Waals surface area contributed by atoms with Gasteiger partial charge in [-0.05, 0) is 25.2 Å². The van der Waals surface area contributed by atoms with E-state index in [1.54, 1.807) is 0 Å². The molecule has 2 rings (SSSR count). The predicted molar refractivity (Wildman–Crippen MR) is 73.9 cm³/mol. The first-order valence-electron chi connectivity index (χ1n) is 6.88. The van der Waals surface area contributed by atoms with Crippen LogP contribution in [0, 0.1) is 12.3 Å². The summed E-state index contributed by atoms with van der Waals surface area (Å²) in [6.45, 7) is 5.01. The highest BCUT2D eigenvalue weighted by atomic mass is 16.5. The number of nitrogens with two attached hydrogens (primary N) is 1. The van der Waals surface area contributed by atoms with E-state index in [9.17, 15) is 4.79 Å². The van der Waals surface area contributed by atoms with Crippen LogP contribution >= 0.6 is 0 Å². The number of hydrogen-bond donors (Lipinski definition) is 1. The van der Waals surface area contributed by atoms with E-state index in [1.807, 2.05) is 11.5 Å². The molecule has 0 atom stereocenters. The highest BCUT2D eigenvalue weighted by molar-refractivity contribution is 5.92. The van der Waals surface area contributed by atoms with Gasteiger partial charge < -0.3 is 15.0 Å². The molecular weight excluding hydrogens is 242 g/mol. The van der Waals surface area contributed by atoms with E-state index < -0.39 is 5.97 Å². The Morgan fingerprint density at radius 1 is 1.42 bits per heavy atom. The SMILES string of the molecule is COC(=O)c1nc(C)n(CC2(C)CCCCC2)c1N. The number of ether oxygens (including phenoxy) is 1. The summed E-state index contributed by atoms with van der Waals surface area (Å²) in [5.41, 5.74) is 6.55. The third-order valence-corrected chi connectivity index (χ3v) is 4.18.